The predicted molar refractivity (Wildman–Crippen MR) is 147 cm³/mol. The lowest BCUT2D eigenvalue weighted by Crippen LogP contribution is -2.11. The number of rotatable bonds is 7. The Bertz CT molecular complexity index is 1830. The topological polar surface area (TPSA) is 151 Å². The summed E-state index contributed by atoms with van der Waals surface area (Å²) in [5, 5.41) is 15.7. The largest absolute Gasteiger partial charge is 0.405 e. The van der Waals surface area contributed by atoms with Gasteiger partial charge in [0.25, 0.3) is 0 Å². The average Bonchev–Trinajstić information content (AvgIpc) is 3.66. The van der Waals surface area contributed by atoms with Crippen LogP contribution in [0.2, 0.25) is 0 Å². The molecule has 0 unspecified atom stereocenters. The van der Waals surface area contributed by atoms with E-state index >= 15 is 0 Å². The van der Waals surface area contributed by atoms with Crippen LogP contribution in [-0.2, 0) is 0 Å². The number of aromatic nitrogens is 6. The Labute approximate surface area is 211 Å². The molecule has 0 aliphatic rings. The minimum absolute atomic E-state index is 0.648. The fraction of sp³-hybridized carbons (Fsp3) is 0. The van der Waals surface area contributed by atoms with Gasteiger partial charge in [-0.15, -0.1) is 0 Å². The van der Waals surface area contributed by atoms with Crippen molar-refractivity contribution in [2.75, 3.05) is 5.32 Å². The molecule has 0 aliphatic carbocycles. The molecule has 0 bridgehead atoms. The van der Waals surface area contributed by atoms with E-state index in [4.69, 9.17) is 16.5 Å². The third kappa shape index (κ3) is 4.12. The van der Waals surface area contributed by atoms with Gasteiger partial charge >= 0.3 is 0 Å². The minimum atomic E-state index is 0.648. The zero-order chi connectivity index (χ0) is 25.4. The van der Waals surface area contributed by atoms with E-state index in [1.54, 1.807) is 18.5 Å². The Morgan fingerprint density at radius 2 is 1.95 bits per heavy atom. The zero-order valence-corrected chi connectivity index (χ0v) is 19.7. The molecule has 0 saturated carbocycles. The van der Waals surface area contributed by atoms with Gasteiger partial charge < -0.3 is 27.1 Å². The molecule has 8 N–H and O–H groups in total. The summed E-state index contributed by atoms with van der Waals surface area (Å²) in [6.45, 7) is 4.12. The van der Waals surface area contributed by atoms with Crippen LogP contribution in [0.1, 0.15) is 5.69 Å². The number of hydrogen-bond donors (Lipinski definition) is 6. The molecule has 10 nitrogen and oxygen atoms in total. The number of H-pyrrole nitrogens is 2. The first-order chi connectivity index (χ1) is 18.1. The lowest BCUT2D eigenvalue weighted by atomic mass is 10.1. The SMILES string of the molecule is C=C(NC(/C=C\N)=C/N)c1cc2ccc(-c3nc(Nc4ccc5[nH]ncc5c4)cc4nccn34)cc2[nH]1. The van der Waals surface area contributed by atoms with Crippen molar-refractivity contribution in [3.8, 4) is 11.4 Å². The summed E-state index contributed by atoms with van der Waals surface area (Å²) in [6, 6.07) is 16.1. The van der Waals surface area contributed by atoms with E-state index < -0.39 is 0 Å². The van der Waals surface area contributed by atoms with Crippen molar-refractivity contribution in [2.24, 2.45) is 11.5 Å². The summed E-state index contributed by atoms with van der Waals surface area (Å²) >= 11 is 0. The Balaban J connectivity index is 1.35. The van der Waals surface area contributed by atoms with Crippen LogP contribution in [0.15, 0.2) is 97.9 Å². The number of imidazole rings is 1. The zero-order valence-electron chi connectivity index (χ0n) is 19.7. The van der Waals surface area contributed by atoms with Crippen molar-refractivity contribution < 1.29 is 0 Å². The second kappa shape index (κ2) is 8.93. The van der Waals surface area contributed by atoms with E-state index in [-0.39, 0.29) is 0 Å². The molecular formula is C27H24N10. The fourth-order valence-electron chi connectivity index (χ4n) is 4.27. The van der Waals surface area contributed by atoms with Gasteiger partial charge in [-0.1, -0.05) is 18.7 Å². The number of hydrogen-bond acceptors (Lipinski definition) is 7. The molecule has 37 heavy (non-hydrogen) atoms. The van der Waals surface area contributed by atoms with Crippen molar-refractivity contribution in [1.82, 2.24) is 34.9 Å². The normalized spacial score (nSPS) is 12.2. The van der Waals surface area contributed by atoms with E-state index in [0.717, 1.165) is 50.2 Å². The molecule has 0 amide bonds. The molecule has 0 fully saturated rings. The summed E-state index contributed by atoms with van der Waals surface area (Å²) in [5.74, 6) is 1.45. The van der Waals surface area contributed by atoms with Crippen LogP contribution in [0.25, 0.3) is 44.5 Å². The van der Waals surface area contributed by atoms with Crippen molar-refractivity contribution in [3.63, 3.8) is 0 Å². The highest BCUT2D eigenvalue weighted by Gasteiger charge is 2.12. The summed E-state index contributed by atoms with van der Waals surface area (Å²) in [5.41, 5.74) is 17.8. The molecule has 6 rings (SSSR count). The highest BCUT2D eigenvalue weighted by molar-refractivity contribution is 5.88. The fourth-order valence-corrected chi connectivity index (χ4v) is 4.27. The number of anilines is 2. The summed E-state index contributed by atoms with van der Waals surface area (Å²) in [7, 11) is 0. The van der Waals surface area contributed by atoms with Gasteiger partial charge in [0.2, 0.25) is 0 Å². The number of fused-ring (bicyclic) bond motifs is 3. The van der Waals surface area contributed by atoms with Crippen molar-refractivity contribution in [3.05, 3.63) is 104 Å². The Hall–Kier alpha value is -5.51. The quantitative estimate of drug-likeness (QED) is 0.183. The molecule has 0 saturated heterocycles. The second-order valence-electron chi connectivity index (χ2n) is 8.49. The molecule has 0 radical (unpaired) electrons. The van der Waals surface area contributed by atoms with Crippen LogP contribution in [0, 0.1) is 0 Å². The Morgan fingerprint density at radius 1 is 1.03 bits per heavy atom. The minimum Gasteiger partial charge on any atom is -0.405 e. The first-order valence-corrected chi connectivity index (χ1v) is 11.5. The number of benzene rings is 2. The van der Waals surface area contributed by atoms with E-state index in [0.29, 0.717) is 17.2 Å². The maximum atomic E-state index is 5.66. The molecule has 0 spiro atoms. The molecule has 4 heterocycles. The molecule has 4 aromatic heterocycles. The van der Waals surface area contributed by atoms with E-state index in [9.17, 15) is 0 Å². The van der Waals surface area contributed by atoms with E-state index in [1.807, 2.05) is 47.0 Å². The molecule has 6 aromatic rings. The summed E-state index contributed by atoms with van der Waals surface area (Å²) < 4.78 is 1.97. The Kier molecular flexibility index (Phi) is 5.31. The van der Waals surface area contributed by atoms with Gasteiger partial charge in [0.05, 0.1) is 28.8 Å². The number of aromatic amines is 2. The van der Waals surface area contributed by atoms with Crippen LogP contribution < -0.4 is 22.1 Å². The van der Waals surface area contributed by atoms with Crippen molar-refractivity contribution in [1.29, 1.82) is 0 Å². The first-order valence-electron chi connectivity index (χ1n) is 11.5. The molecule has 2 aromatic carbocycles. The molecule has 0 atom stereocenters. The third-order valence-electron chi connectivity index (χ3n) is 6.06. The Morgan fingerprint density at radius 3 is 2.81 bits per heavy atom. The number of nitrogens with two attached hydrogens (primary N) is 2. The maximum absolute atomic E-state index is 5.66. The van der Waals surface area contributed by atoms with E-state index in [1.165, 1.54) is 12.4 Å². The predicted octanol–water partition coefficient (Wildman–Crippen LogP) is 4.33. The summed E-state index contributed by atoms with van der Waals surface area (Å²) in [4.78, 5) is 12.9. The van der Waals surface area contributed by atoms with Gasteiger partial charge in [-0.05, 0) is 42.6 Å². The van der Waals surface area contributed by atoms with Crippen LogP contribution in [0.4, 0.5) is 11.5 Å². The highest BCUT2D eigenvalue weighted by atomic mass is 15.1. The maximum Gasteiger partial charge on any atom is 0.148 e. The smallest absolute Gasteiger partial charge is 0.148 e. The van der Waals surface area contributed by atoms with Crippen LogP contribution >= 0.6 is 0 Å². The number of nitrogens with one attached hydrogen (secondary N) is 4. The average molecular weight is 489 g/mol. The second-order valence-corrected chi connectivity index (χ2v) is 8.49. The summed E-state index contributed by atoms with van der Waals surface area (Å²) in [6.07, 6.45) is 9.98. The molecular weight excluding hydrogens is 464 g/mol. The standard InChI is InChI=1S/C27H24N10/c1-16(32-21(14-29)6-7-28)23-11-17-2-3-18(12-24(17)34-23)27-35-25(13-26-30-8-9-37(26)27)33-20-4-5-22-19(10-20)15-31-36-22/h2-15,32-34H,1,28-29H2,(H,31,36)/b7-6-,21-14+. The number of nitrogens with zero attached hydrogens (tertiary/aromatic N) is 4. The van der Waals surface area contributed by atoms with Gasteiger partial charge in [0, 0.05) is 52.2 Å². The molecule has 0 aliphatic heterocycles. The van der Waals surface area contributed by atoms with Crippen LogP contribution in [-0.4, -0.2) is 29.5 Å². The lowest BCUT2D eigenvalue weighted by Gasteiger charge is -2.11. The highest BCUT2D eigenvalue weighted by Crippen LogP contribution is 2.28. The van der Waals surface area contributed by atoms with Gasteiger partial charge in [0.15, 0.2) is 0 Å². The first kappa shape index (κ1) is 22.0. The van der Waals surface area contributed by atoms with Crippen LogP contribution in [0.3, 0.4) is 0 Å². The monoisotopic (exact) mass is 488 g/mol. The van der Waals surface area contributed by atoms with Gasteiger partial charge in [-0.2, -0.15) is 5.10 Å². The van der Waals surface area contributed by atoms with Crippen molar-refractivity contribution in [2.45, 2.75) is 0 Å². The van der Waals surface area contributed by atoms with Gasteiger partial charge in [-0.3, -0.25) is 9.50 Å². The van der Waals surface area contributed by atoms with Crippen LogP contribution in [0.5, 0.6) is 0 Å². The lowest BCUT2D eigenvalue weighted by molar-refractivity contribution is 1.10. The molecule has 10 heteroatoms. The number of allylic oxidation sites excluding steroid dienone is 1. The van der Waals surface area contributed by atoms with Gasteiger partial charge in [0.1, 0.15) is 17.3 Å². The third-order valence-corrected chi connectivity index (χ3v) is 6.06. The van der Waals surface area contributed by atoms with E-state index in [2.05, 4.69) is 49.5 Å². The molecule has 182 valence electrons. The van der Waals surface area contributed by atoms with Gasteiger partial charge in [-0.25, -0.2) is 9.97 Å². The van der Waals surface area contributed by atoms with Crippen molar-refractivity contribution >= 4 is 44.7 Å².